The summed E-state index contributed by atoms with van der Waals surface area (Å²) in [6.07, 6.45) is 2.70. The van der Waals surface area contributed by atoms with E-state index in [0.29, 0.717) is 44.1 Å². The lowest BCUT2D eigenvalue weighted by Gasteiger charge is -2.15. The molecule has 0 fully saturated rings. The van der Waals surface area contributed by atoms with Gasteiger partial charge in [-0.05, 0) is 69.0 Å². The SMILES string of the molecule is CCCCOCCCN1C(=O)C(Nc2ccc(OCC)cc2)=C(c2ccc(C)cc2C)C1=O. The molecule has 0 atom stereocenters. The van der Waals surface area contributed by atoms with E-state index in [1.54, 1.807) is 0 Å². The van der Waals surface area contributed by atoms with Gasteiger partial charge in [0, 0.05) is 25.4 Å². The van der Waals surface area contributed by atoms with Crippen LogP contribution in [0.25, 0.3) is 5.57 Å². The summed E-state index contributed by atoms with van der Waals surface area (Å²) < 4.78 is 11.1. The quantitative estimate of drug-likeness (QED) is 0.360. The summed E-state index contributed by atoms with van der Waals surface area (Å²) in [5.74, 6) is 0.177. The summed E-state index contributed by atoms with van der Waals surface area (Å²) in [5.41, 5.74) is 4.29. The van der Waals surface area contributed by atoms with Crippen molar-refractivity contribution < 1.29 is 19.1 Å². The molecule has 33 heavy (non-hydrogen) atoms. The van der Waals surface area contributed by atoms with Crippen molar-refractivity contribution in [3.8, 4) is 5.75 Å². The first kappa shape index (κ1) is 24.5. The number of unbranched alkanes of at least 4 members (excludes halogenated alkanes) is 1. The van der Waals surface area contributed by atoms with E-state index in [-0.39, 0.29) is 11.8 Å². The van der Waals surface area contributed by atoms with E-state index in [9.17, 15) is 9.59 Å². The van der Waals surface area contributed by atoms with Crippen molar-refractivity contribution in [3.05, 3.63) is 64.9 Å². The molecule has 176 valence electrons. The third kappa shape index (κ3) is 6.02. The van der Waals surface area contributed by atoms with Crippen LogP contribution in [-0.2, 0) is 14.3 Å². The number of anilines is 1. The van der Waals surface area contributed by atoms with Crippen molar-refractivity contribution in [3.63, 3.8) is 0 Å². The fraction of sp³-hybridized carbons (Fsp3) is 0.407. The normalized spacial score (nSPS) is 13.8. The smallest absolute Gasteiger partial charge is 0.278 e. The van der Waals surface area contributed by atoms with Gasteiger partial charge in [-0.2, -0.15) is 0 Å². The fourth-order valence-corrected chi connectivity index (χ4v) is 3.86. The van der Waals surface area contributed by atoms with Crippen LogP contribution >= 0.6 is 0 Å². The highest BCUT2D eigenvalue weighted by Crippen LogP contribution is 2.33. The van der Waals surface area contributed by atoms with Crippen molar-refractivity contribution in [1.29, 1.82) is 0 Å². The first-order valence-electron chi connectivity index (χ1n) is 11.7. The fourth-order valence-electron chi connectivity index (χ4n) is 3.86. The third-order valence-corrected chi connectivity index (χ3v) is 5.57. The molecule has 2 aromatic rings. The van der Waals surface area contributed by atoms with Crippen molar-refractivity contribution >= 4 is 23.1 Å². The maximum absolute atomic E-state index is 13.4. The Hall–Kier alpha value is -3.12. The molecule has 0 aliphatic carbocycles. The molecule has 1 N–H and O–H groups in total. The summed E-state index contributed by atoms with van der Waals surface area (Å²) in [6, 6.07) is 13.3. The van der Waals surface area contributed by atoms with Crippen molar-refractivity contribution in [2.24, 2.45) is 0 Å². The largest absolute Gasteiger partial charge is 0.494 e. The standard InChI is InChI=1S/C27H34N2O4/c1-5-7-16-32-17-8-15-29-26(30)24(23-14-9-19(3)18-20(23)4)25(27(29)31)28-21-10-12-22(13-11-21)33-6-2/h9-14,18,28H,5-8,15-17H2,1-4H3. The maximum Gasteiger partial charge on any atom is 0.278 e. The van der Waals surface area contributed by atoms with Crippen LogP contribution in [0.3, 0.4) is 0 Å². The van der Waals surface area contributed by atoms with Crippen molar-refractivity contribution in [1.82, 2.24) is 4.90 Å². The Morgan fingerprint density at radius 1 is 0.909 bits per heavy atom. The summed E-state index contributed by atoms with van der Waals surface area (Å²) in [4.78, 5) is 28.1. The van der Waals surface area contributed by atoms with E-state index in [1.165, 1.54) is 4.90 Å². The molecule has 0 bridgehead atoms. The van der Waals surface area contributed by atoms with Gasteiger partial charge >= 0.3 is 0 Å². The Bertz CT molecular complexity index is 1010. The molecule has 2 amide bonds. The number of hydrogen-bond acceptors (Lipinski definition) is 5. The molecule has 1 aliphatic heterocycles. The van der Waals surface area contributed by atoms with Gasteiger partial charge in [0.05, 0.1) is 12.2 Å². The Morgan fingerprint density at radius 2 is 1.64 bits per heavy atom. The van der Waals surface area contributed by atoms with E-state index in [4.69, 9.17) is 9.47 Å². The van der Waals surface area contributed by atoms with Crippen LogP contribution in [-0.4, -0.2) is 43.1 Å². The average molecular weight is 451 g/mol. The lowest BCUT2D eigenvalue weighted by molar-refractivity contribution is -0.137. The van der Waals surface area contributed by atoms with E-state index in [0.717, 1.165) is 41.0 Å². The van der Waals surface area contributed by atoms with Gasteiger partial charge in [0.1, 0.15) is 11.4 Å². The van der Waals surface area contributed by atoms with Crippen molar-refractivity contribution in [2.45, 2.75) is 47.0 Å². The van der Waals surface area contributed by atoms with Gasteiger partial charge in [-0.1, -0.05) is 37.1 Å². The number of rotatable bonds is 12. The minimum absolute atomic E-state index is 0.269. The average Bonchev–Trinajstić information content (AvgIpc) is 3.02. The van der Waals surface area contributed by atoms with E-state index in [1.807, 2.05) is 63.2 Å². The monoisotopic (exact) mass is 450 g/mol. The number of imide groups is 1. The van der Waals surface area contributed by atoms with E-state index in [2.05, 4.69) is 12.2 Å². The number of hydrogen-bond donors (Lipinski definition) is 1. The Kier molecular flexibility index (Phi) is 8.66. The predicted molar refractivity (Wildman–Crippen MR) is 131 cm³/mol. The number of nitrogens with one attached hydrogen (secondary N) is 1. The highest BCUT2D eigenvalue weighted by atomic mass is 16.5. The second-order valence-corrected chi connectivity index (χ2v) is 8.23. The minimum atomic E-state index is -0.308. The highest BCUT2D eigenvalue weighted by molar-refractivity contribution is 6.36. The molecule has 0 aromatic heterocycles. The molecule has 6 nitrogen and oxygen atoms in total. The first-order valence-corrected chi connectivity index (χ1v) is 11.7. The molecular formula is C27H34N2O4. The van der Waals surface area contributed by atoms with Crippen molar-refractivity contribution in [2.75, 3.05) is 31.7 Å². The van der Waals surface area contributed by atoms with E-state index >= 15 is 0 Å². The molecule has 3 rings (SSSR count). The molecule has 0 radical (unpaired) electrons. The van der Waals surface area contributed by atoms with Crippen LogP contribution in [0.1, 0.15) is 49.8 Å². The molecule has 0 spiro atoms. The number of ether oxygens (including phenoxy) is 2. The Morgan fingerprint density at radius 3 is 2.30 bits per heavy atom. The Balaban J connectivity index is 1.85. The number of nitrogens with zero attached hydrogens (tertiary/aromatic N) is 1. The zero-order valence-electron chi connectivity index (χ0n) is 20.1. The molecular weight excluding hydrogens is 416 g/mol. The Labute approximate surface area is 196 Å². The van der Waals surface area contributed by atoms with Crippen LogP contribution in [0.4, 0.5) is 5.69 Å². The summed E-state index contributed by atoms with van der Waals surface area (Å²) in [6.45, 7) is 10.2. The molecule has 6 heteroatoms. The zero-order chi connectivity index (χ0) is 23.8. The van der Waals surface area contributed by atoms with E-state index < -0.39 is 0 Å². The lowest BCUT2D eigenvalue weighted by atomic mass is 9.97. The van der Waals surface area contributed by atoms with Crippen LogP contribution in [0, 0.1) is 13.8 Å². The van der Waals surface area contributed by atoms with Gasteiger partial charge in [-0.15, -0.1) is 0 Å². The number of amides is 2. The predicted octanol–water partition coefficient (Wildman–Crippen LogP) is 5.10. The number of aryl methyl sites for hydroxylation is 2. The van der Waals surface area contributed by atoms with Gasteiger partial charge in [0.25, 0.3) is 11.8 Å². The number of carbonyl (C=O) groups excluding carboxylic acids is 2. The van der Waals surface area contributed by atoms with Crippen LogP contribution in [0.15, 0.2) is 48.2 Å². The molecule has 0 unspecified atom stereocenters. The van der Waals surface area contributed by atoms with Gasteiger partial charge in [-0.25, -0.2) is 0 Å². The van der Waals surface area contributed by atoms with Crippen LogP contribution < -0.4 is 10.1 Å². The highest BCUT2D eigenvalue weighted by Gasteiger charge is 2.39. The van der Waals surface area contributed by atoms with Crippen LogP contribution in [0.2, 0.25) is 0 Å². The van der Waals surface area contributed by atoms with Gasteiger partial charge in [0.2, 0.25) is 0 Å². The molecule has 1 aliphatic rings. The summed E-state index contributed by atoms with van der Waals surface area (Å²) in [5, 5.41) is 3.21. The van der Waals surface area contributed by atoms with Gasteiger partial charge in [0.15, 0.2) is 0 Å². The number of carbonyl (C=O) groups is 2. The third-order valence-electron chi connectivity index (χ3n) is 5.57. The summed E-state index contributed by atoms with van der Waals surface area (Å²) in [7, 11) is 0. The lowest BCUT2D eigenvalue weighted by Crippen LogP contribution is -2.34. The summed E-state index contributed by atoms with van der Waals surface area (Å²) >= 11 is 0. The number of benzene rings is 2. The first-order chi connectivity index (χ1) is 16.0. The van der Waals surface area contributed by atoms with Gasteiger partial charge < -0.3 is 14.8 Å². The second-order valence-electron chi connectivity index (χ2n) is 8.23. The molecule has 1 heterocycles. The molecule has 2 aromatic carbocycles. The molecule has 0 saturated heterocycles. The van der Waals surface area contributed by atoms with Crippen LogP contribution in [0.5, 0.6) is 5.75 Å². The minimum Gasteiger partial charge on any atom is -0.494 e. The maximum atomic E-state index is 13.4. The zero-order valence-corrected chi connectivity index (χ0v) is 20.1. The topological polar surface area (TPSA) is 67.9 Å². The second kappa shape index (κ2) is 11.7. The molecule has 0 saturated carbocycles. The van der Waals surface area contributed by atoms with Gasteiger partial charge in [-0.3, -0.25) is 14.5 Å².